The molecule has 0 fully saturated rings. The standard InChI is InChI=1S/C9H10Cl2FN3O/c1-4(9(13)15-16)14-5-2-6(10)8(12)7(11)3-5/h2-4,14,16H,1H3,(H2,13,15). The van der Waals surface area contributed by atoms with Gasteiger partial charge >= 0.3 is 0 Å². The molecule has 0 bridgehead atoms. The molecule has 4 nitrogen and oxygen atoms in total. The van der Waals surface area contributed by atoms with Gasteiger partial charge in [0, 0.05) is 5.69 Å². The van der Waals surface area contributed by atoms with E-state index in [2.05, 4.69) is 10.5 Å². The van der Waals surface area contributed by atoms with Gasteiger partial charge in [0.05, 0.1) is 16.1 Å². The summed E-state index contributed by atoms with van der Waals surface area (Å²) in [5, 5.41) is 13.9. The van der Waals surface area contributed by atoms with E-state index in [-0.39, 0.29) is 15.9 Å². The monoisotopic (exact) mass is 265 g/mol. The first-order valence-corrected chi connectivity index (χ1v) is 5.09. The lowest BCUT2D eigenvalue weighted by Crippen LogP contribution is -2.32. The third-order valence-electron chi connectivity index (χ3n) is 1.93. The summed E-state index contributed by atoms with van der Waals surface area (Å²) in [5.74, 6) is -0.679. The highest BCUT2D eigenvalue weighted by Crippen LogP contribution is 2.27. The number of oxime groups is 1. The van der Waals surface area contributed by atoms with Gasteiger partial charge in [-0.25, -0.2) is 4.39 Å². The Labute approximate surface area is 102 Å². The van der Waals surface area contributed by atoms with Crippen molar-refractivity contribution in [3.05, 3.63) is 28.0 Å². The molecule has 0 saturated heterocycles. The molecule has 7 heteroatoms. The van der Waals surface area contributed by atoms with Gasteiger partial charge in [0.15, 0.2) is 11.7 Å². The van der Waals surface area contributed by atoms with Gasteiger partial charge in [-0.1, -0.05) is 28.4 Å². The summed E-state index contributed by atoms with van der Waals surface area (Å²) < 4.78 is 13.1. The third kappa shape index (κ3) is 2.90. The second-order valence-corrected chi connectivity index (χ2v) is 3.96. The highest BCUT2D eigenvalue weighted by atomic mass is 35.5. The number of nitrogens with one attached hydrogen (secondary N) is 1. The van der Waals surface area contributed by atoms with Crippen molar-refractivity contribution in [3.8, 4) is 0 Å². The smallest absolute Gasteiger partial charge is 0.161 e. The van der Waals surface area contributed by atoms with Crippen molar-refractivity contribution in [2.24, 2.45) is 10.9 Å². The van der Waals surface area contributed by atoms with E-state index in [9.17, 15) is 4.39 Å². The summed E-state index contributed by atoms with van der Waals surface area (Å²) in [4.78, 5) is 0. The van der Waals surface area contributed by atoms with Crippen LogP contribution in [0.3, 0.4) is 0 Å². The van der Waals surface area contributed by atoms with Gasteiger partial charge in [0.25, 0.3) is 0 Å². The Morgan fingerprint density at radius 3 is 2.44 bits per heavy atom. The van der Waals surface area contributed by atoms with Gasteiger partial charge in [0.1, 0.15) is 0 Å². The van der Waals surface area contributed by atoms with Crippen LogP contribution in [0.15, 0.2) is 17.3 Å². The molecule has 0 aromatic heterocycles. The van der Waals surface area contributed by atoms with Crippen LogP contribution < -0.4 is 11.1 Å². The van der Waals surface area contributed by atoms with Gasteiger partial charge in [-0.05, 0) is 19.1 Å². The number of amidine groups is 1. The summed E-state index contributed by atoms with van der Waals surface area (Å²) in [6.07, 6.45) is 0. The number of nitrogens with two attached hydrogens (primary N) is 1. The molecule has 16 heavy (non-hydrogen) atoms. The molecular formula is C9H10Cl2FN3O. The molecule has 1 unspecified atom stereocenters. The van der Waals surface area contributed by atoms with Crippen LogP contribution in [0, 0.1) is 5.82 Å². The average molecular weight is 266 g/mol. The summed E-state index contributed by atoms with van der Waals surface area (Å²) in [5.41, 5.74) is 5.85. The predicted octanol–water partition coefficient (Wildman–Crippen LogP) is 2.68. The summed E-state index contributed by atoms with van der Waals surface area (Å²) in [7, 11) is 0. The Balaban J connectivity index is 2.91. The SMILES string of the molecule is CC(Nc1cc(Cl)c(F)c(Cl)c1)/C(N)=N/O. The van der Waals surface area contributed by atoms with Crippen molar-refractivity contribution in [3.63, 3.8) is 0 Å². The molecule has 0 aliphatic heterocycles. The van der Waals surface area contributed by atoms with Crippen LogP contribution in [0.2, 0.25) is 10.0 Å². The van der Waals surface area contributed by atoms with Crippen molar-refractivity contribution < 1.29 is 9.60 Å². The maximum atomic E-state index is 13.1. The molecule has 0 aliphatic carbocycles. The van der Waals surface area contributed by atoms with Crippen LogP contribution in [0.25, 0.3) is 0 Å². The van der Waals surface area contributed by atoms with Gasteiger partial charge in [-0.15, -0.1) is 0 Å². The third-order valence-corrected chi connectivity index (χ3v) is 2.48. The number of rotatable bonds is 3. The molecule has 0 aliphatic rings. The van der Waals surface area contributed by atoms with Crippen LogP contribution >= 0.6 is 23.2 Å². The zero-order valence-electron chi connectivity index (χ0n) is 8.34. The Hall–Kier alpha value is -1.20. The number of anilines is 1. The minimum absolute atomic E-state index is 0.00318. The minimum Gasteiger partial charge on any atom is -0.409 e. The average Bonchev–Trinajstić information content (AvgIpc) is 2.24. The fourth-order valence-corrected chi connectivity index (χ4v) is 1.54. The molecule has 0 spiro atoms. The normalized spacial score (nSPS) is 13.6. The van der Waals surface area contributed by atoms with Gasteiger partial charge in [-0.2, -0.15) is 0 Å². The molecule has 0 radical (unpaired) electrons. The van der Waals surface area contributed by atoms with E-state index in [1.165, 1.54) is 12.1 Å². The Kier molecular flexibility index (Phi) is 4.20. The summed E-state index contributed by atoms with van der Waals surface area (Å²) >= 11 is 11.2. The van der Waals surface area contributed by atoms with E-state index in [0.717, 1.165) is 0 Å². The molecule has 1 aromatic carbocycles. The van der Waals surface area contributed by atoms with Crippen molar-refractivity contribution in [1.29, 1.82) is 0 Å². The number of benzene rings is 1. The van der Waals surface area contributed by atoms with Crippen molar-refractivity contribution in [1.82, 2.24) is 0 Å². The number of hydrogen-bond donors (Lipinski definition) is 3. The van der Waals surface area contributed by atoms with Crippen LogP contribution in [0.1, 0.15) is 6.92 Å². The molecule has 88 valence electrons. The molecule has 4 N–H and O–H groups in total. The Morgan fingerprint density at radius 2 is 2.00 bits per heavy atom. The lowest BCUT2D eigenvalue weighted by molar-refractivity contribution is 0.316. The zero-order valence-corrected chi connectivity index (χ0v) is 9.85. The highest BCUT2D eigenvalue weighted by molar-refractivity contribution is 6.35. The van der Waals surface area contributed by atoms with E-state index < -0.39 is 11.9 Å². The van der Waals surface area contributed by atoms with Crippen molar-refractivity contribution >= 4 is 34.7 Å². The van der Waals surface area contributed by atoms with E-state index in [1.54, 1.807) is 6.92 Å². The zero-order chi connectivity index (χ0) is 12.3. The fraction of sp³-hybridized carbons (Fsp3) is 0.222. The van der Waals surface area contributed by atoms with E-state index in [0.29, 0.717) is 5.69 Å². The molecule has 0 heterocycles. The summed E-state index contributed by atoms with van der Waals surface area (Å²) in [6, 6.07) is 2.30. The van der Waals surface area contributed by atoms with Crippen LogP contribution in [0.4, 0.5) is 10.1 Å². The quantitative estimate of drug-likeness (QED) is 0.259. The number of hydrogen-bond acceptors (Lipinski definition) is 3. The lowest BCUT2D eigenvalue weighted by Gasteiger charge is -2.14. The van der Waals surface area contributed by atoms with E-state index in [1.807, 2.05) is 0 Å². The van der Waals surface area contributed by atoms with E-state index >= 15 is 0 Å². The van der Waals surface area contributed by atoms with Gasteiger partial charge < -0.3 is 16.3 Å². The number of halogens is 3. The van der Waals surface area contributed by atoms with Crippen molar-refractivity contribution in [2.45, 2.75) is 13.0 Å². The number of nitrogens with zero attached hydrogens (tertiary/aromatic N) is 1. The molecule has 1 aromatic rings. The summed E-state index contributed by atoms with van der Waals surface area (Å²) in [6.45, 7) is 1.67. The van der Waals surface area contributed by atoms with E-state index in [4.69, 9.17) is 34.1 Å². The second kappa shape index (κ2) is 5.23. The van der Waals surface area contributed by atoms with Crippen LogP contribution in [-0.4, -0.2) is 17.1 Å². The molecule has 0 saturated carbocycles. The second-order valence-electron chi connectivity index (χ2n) is 3.14. The topological polar surface area (TPSA) is 70.6 Å². The first-order chi connectivity index (χ1) is 7.45. The first kappa shape index (κ1) is 12.9. The van der Waals surface area contributed by atoms with Crippen LogP contribution in [-0.2, 0) is 0 Å². The first-order valence-electron chi connectivity index (χ1n) is 4.34. The van der Waals surface area contributed by atoms with Gasteiger partial charge in [0.2, 0.25) is 0 Å². The predicted molar refractivity (Wildman–Crippen MR) is 62.9 cm³/mol. The van der Waals surface area contributed by atoms with Crippen molar-refractivity contribution in [2.75, 3.05) is 5.32 Å². The fourth-order valence-electron chi connectivity index (χ4n) is 1.05. The minimum atomic E-state index is -0.676. The maximum Gasteiger partial charge on any atom is 0.161 e. The molecule has 0 amide bonds. The lowest BCUT2D eigenvalue weighted by atomic mass is 10.2. The Morgan fingerprint density at radius 1 is 1.50 bits per heavy atom. The molecular weight excluding hydrogens is 256 g/mol. The Bertz CT molecular complexity index is 402. The molecule has 1 rings (SSSR count). The van der Waals surface area contributed by atoms with Gasteiger partial charge in [-0.3, -0.25) is 0 Å². The largest absolute Gasteiger partial charge is 0.409 e. The van der Waals surface area contributed by atoms with Crippen LogP contribution in [0.5, 0.6) is 0 Å². The highest BCUT2D eigenvalue weighted by Gasteiger charge is 2.11. The maximum absolute atomic E-state index is 13.1. The molecule has 1 atom stereocenters.